The molecular weight excluding hydrogens is 344 g/mol. The van der Waals surface area contributed by atoms with Crippen LogP contribution in [0.5, 0.6) is 0 Å². The van der Waals surface area contributed by atoms with E-state index in [2.05, 4.69) is 10.4 Å². The summed E-state index contributed by atoms with van der Waals surface area (Å²) in [6, 6.07) is 11.8. The number of rotatable bonds is 4. The summed E-state index contributed by atoms with van der Waals surface area (Å²) in [5.74, 6) is -0.333. The number of carbonyl (C=O) groups is 2. The van der Waals surface area contributed by atoms with Crippen molar-refractivity contribution >= 4 is 11.8 Å². The maximum atomic E-state index is 12.9. The van der Waals surface area contributed by atoms with Crippen molar-refractivity contribution in [3.05, 3.63) is 58.5 Å². The smallest absolute Gasteiger partial charge is 0.274 e. The predicted octanol–water partition coefficient (Wildman–Crippen LogP) is 1.61. The first-order chi connectivity index (χ1) is 13.0. The van der Waals surface area contributed by atoms with Gasteiger partial charge in [0.05, 0.1) is 5.69 Å². The number of carbonyl (C=O) groups excluding carboxylic acids is 2. The number of hydrogen-bond acceptors (Lipinski definition) is 4. The fourth-order valence-electron chi connectivity index (χ4n) is 3.09. The molecule has 1 aromatic carbocycles. The fraction of sp³-hybridized carbons (Fsp3) is 0.400. The number of likely N-dealkylation sites (tertiary alicyclic amines) is 1. The highest BCUT2D eigenvalue weighted by atomic mass is 16.2. The number of piperidine rings is 1. The largest absolute Gasteiger partial charge is 0.351 e. The maximum Gasteiger partial charge on any atom is 0.274 e. The summed E-state index contributed by atoms with van der Waals surface area (Å²) < 4.78 is 1.23. The first-order valence-electron chi connectivity index (χ1n) is 9.21. The molecule has 3 rings (SSSR count). The second-order valence-corrected chi connectivity index (χ2v) is 7.06. The molecule has 0 radical (unpaired) electrons. The molecule has 0 spiro atoms. The molecule has 2 amide bonds. The van der Waals surface area contributed by atoms with Gasteiger partial charge in [-0.1, -0.05) is 32.0 Å². The van der Waals surface area contributed by atoms with Crippen LogP contribution in [0.3, 0.4) is 0 Å². The lowest BCUT2D eigenvalue weighted by Gasteiger charge is -2.33. The second-order valence-electron chi connectivity index (χ2n) is 7.06. The predicted molar refractivity (Wildman–Crippen MR) is 102 cm³/mol. The molecule has 7 heteroatoms. The minimum atomic E-state index is -0.293. The standard InChI is InChI=1S/C20H24N4O3/c1-14(2)19(26)21-15-7-6-12-23(13-15)20(27)17-10-11-18(25)24(22-17)16-8-4-3-5-9-16/h3-5,8-11,14-15H,6-7,12-13H2,1-2H3,(H,21,26). The van der Waals surface area contributed by atoms with E-state index in [4.69, 9.17) is 0 Å². The lowest BCUT2D eigenvalue weighted by Crippen LogP contribution is -2.50. The zero-order valence-electron chi connectivity index (χ0n) is 15.6. The van der Waals surface area contributed by atoms with E-state index >= 15 is 0 Å². The van der Waals surface area contributed by atoms with Gasteiger partial charge in [0.25, 0.3) is 11.5 Å². The van der Waals surface area contributed by atoms with E-state index in [0.717, 1.165) is 12.8 Å². The first kappa shape index (κ1) is 18.8. The van der Waals surface area contributed by atoms with Gasteiger partial charge in [0.1, 0.15) is 5.69 Å². The van der Waals surface area contributed by atoms with Crippen LogP contribution in [0.1, 0.15) is 37.2 Å². The Morgan fingerprint density at radius 1 is 1.15 bits per heavy atom. The van der Waals surface area contributed by atoms with Gasteiger partial charge >= 0.3 is 0 Å². The molecule has 2 heterocycles. The minimum absolute atomic E-state index is 0.00921. The molecule has 1 aliphatic heterocycles. The molecule has 0 bridgehead atoms. The molecule has 1 fully saturated rings. The van der Waals surface area contributed by atoms with Gasteiger partial charge in [0.15, 0.2) is 0 Å². The third kappa shape index (κ3) is 4.42. The average molecular weight is 368 g/mol. The number of nitrogens with one attached hydrogen (secondary N) is 1. The Labute approximate surface area is 158 Å². The van der Waals surface area contributed by atoms with Crippen LogP contribution in [0.2, 0.25) is 0 Å². The molecule has 7 nitrogen and oxygen atoms in total. The van der Waals surface area contributed by atoms with Crippen LogP contribution in [-0.4, -0.2) is 45.6 Å². The van der Waals surface area contributed by atoms with E-state index in [1.807, 2.05) is 32.0 Å². The van der Waals surface area contributed by atoms with Crippen molar-refractivity contribution in [2.45, 2.75) is 32.7 Å². The van der Waals surface area contributed by atoms with E-state index < -0.39 is 0 Å². The van der Waals surface area contributed by atoms with Crippen molar-refractivity contribution in [1.29, 1.82) is 0 Å². The molecule has 27 heavy (non-hydrogen) atoms. The molecular formula is C20H24N4O3. The van der Waals surface area contributed by atoms with Gasteiger partial charge in [-0.05, 0) is 31.0 Å². The van der Waals surface area contributed by atoms with Crippen LogP contribution >= 0.6 is 0 Å². The average Bonchev–Trinajstić information content (AvgIpc) is 2.68. The Bertz CT molecular complexity index is 876. The number of aromatic nitrogens is 2. The number of hydrogen-bond donors (Lipinski definition) is 1. The zero-order chi connectivity index (χ0) is 19.4. The Morgan fingerprint density at radius 2 is 1.89 bits per heavy atom. The quantitative estimate of drug-likeness (QED) is 0.889. The lowest BCUT2D eigenvalue weighted by molar-refractivity contribution is -0.125. The molecule has 1 aliphatic rings. The molecule has 1 atom stereocenters. The summed E-state index contributed by atoms with van der Waals surface area (Å²) in [7, 11) is 0. The summed E-state index contributed by atoms with van der Waals surface area (Å²) >= 11 is 0. The van der Waals surface area contributed by atoms with Crippen LogP contribution in [0.25, 0.3) is 5.69 Å². The van der Waals surface area contributed by atoms with Gasteiger partial charge in [-0.15, -0.1) is 0 Å². The Kier molecular flexibility index (Phi) is 5.69. The van der Waals surface area contributed by atoms with E-state index in [-0.39, 0.29) is 35.0 Å². The van der Waals surface area contributed by atoms with E-state index in [9.17, 15) is 14.4 Å². The summed E-state index contributed by atoms with van der Waals surface area (Å²) in [6.45, 7) is 4.75. The lowest BCUT2D eigenvalue weighted by atomic mass is 10.0. The normalized spacial score (nSPS) is 17.0. The summed E-state index contributed by atoms with van der Waals surface area (Å²) in [4.78, 5) is 38.7. The van der Waals surface area contributed by atoms with Crippen molar-refractivity contribution in [3.63, 3.8) is 0 Å². The highest BCUT2D eigenvalue weighted by Gasteiger charge is 2.27. The highest BCUT2D eigenvalue weighted by molar-refractivity contribution is 5.92. The number of amides is 2. The van der Waals surface area contributed by atoms with Gasteiger partial charge in [-0.2, -0.15) is 9.78 Å². The van der Waals surface area contributed by atoms with Gasteiger partial charge in [-0.3, -0.25) is 14.4 Å². The van der Waals surface area contributed by atoms with Crippen LogP contribution < -0.4 is 10.9 Å². The zero-order valence-corrected chi connectivity index (χ0v) is 15.6. The number of benzene rings is 1. The summed E-state index contributed by atoms with van der Waals surface area (Å²) in [6.07, 6.45) is 1.66. The molecule has 1 N–H and O–H groups in total. The molecule has 1 unspecified atom stereocenters. The Hall–Kier alpha value is -2.96. The minimum Gasteiger partial charge on any atom is -0.351 e. The Morgan fingerprint density at radius 3 is 2.59 bits per heavy atom. The van der Waals surface area contributed by atoms with Crippen LogP contribution in [0.4, 0.5) is 0 Å². The van der Waals surface area contributed by atoms with Crippen molar-refractivity contribution in [1.82, 2.24) is 20.0 Å². The van der Waals surface area contributed by atoms with E-state index in [0.29, 0.717) is 18.8 Å². The molecule has 1 aromatic heterocycles. The summed E-state index contributed by atoms with van der Waals surface area (Å²) in [5, 5.41) is 7.25. The van der Waals surface area contributed by atoms with Gasteiger partial charge in [0, 0.05) is 31.1 Å². The van der Waals surface area contributed by atoms with E-state index in [1.54, 1.807) is 17.0 Å². The van der Waals surface area contributed by atoms with Gasteiger partial charge < -0.3 is 10.2 Å². The SMILES string of the molecule is CC(C)C(=O)NC1CCCN(C(=O)c2ccc(=O)n(-c3ccccc3)n2)C1. The maximum absolute atomic E-state index is 12.9. The molecule has 1 saturated heterocycles. The fourth-order valence-corrected chi connectivity index (χ4v) is 3.09. The van der Waals surface area contributed by atoms with Crippen LogP contribution in [0, 0.1) is 5.92 Å². The van der Waals surface area contributed by atoms with Crippen molar-refractivity contribution < 1.29 is 9.59 Å². The monoisotopic (exact) mass is 368 g/mol. The molecule has 0 saturated carbocycles. The van der Waals surface area contributed by atoms with Crippen molar-refractivity contribution in [2.75, 3.05) is 13.1 Å². The van der Waals surface area contributed by atoms with E-state index in [1.165, 1.54) is 16.8 Å². The van der Waals surface area contributed by atoms with Crippen LogP contribution in [0.15, 0.2) is 47.3 Å². The topological polar surface area (TPSA) is 84.3 Å². The highest BCUT2D eigenvalue weighted by Crippen LogP contribution is 2.14. The molecule has 142 valence electrons. The first-order valence-corrected chi connectivity index (χ1v) is 9.21. The third-order valence-corrected chi connectivity index (χ3v) is 4.60. The Balaban J connectivity index is 1.77. The number of nitrogens with zero attached hydrogens (tertiary/aromatic N) is 3. The molecule has 2 aromatic rings. The third-order valence-electron chi connectivity index (χ3n) is 4.60. The molecule has 0 aliphatic carbocycles. The summed E-state index contributed by atoms with van der Waals surface area (Å²) in [5.41, 5.74) is 0.533. The number of para-hydroxylation sites is 1. The van der Waals surface area contributed by atoms with Crippen molar-refractivity contribution in [2.24, 2.45) is 5.92 Å². The van der Waals surface area contributed by atoms with Crippen LogP contribution in [-0.2, 0) is 4.79 Å². The second kappa shape index (κ2) is 8.16. The van der Waals surface area contributed by atoms with Crippen molar-refractivity contribution in [3.8, 4) is 5.69 Å². The van der Waals surface area contributed by atoms with Gasteiger partial charge in [0.2, 0.25) is 5.91 Å². The van der Waals surface area contributed by atoms with Gasteiger partial charge in [-0.25, -0.2) is 0 Å².